The first-order chi connectivity index (χ1) is 3.41. The third-order valence-corrected chi connectivity index (χ3v) is 2.07. The third kappa shape index (κ3) is 7.13. The summed E-state index contributed by atoms with van der Waals surface area (Å²) in [5, 5.41) is 0. The van der Waals surface area contributed by atoms with Crippen LogP contribution in [0.25, 0.3) is 0 Å². The van der Waals surface area contributed by atoms with Crippen molar-refractivity contribution in [3.63, 3.8) is 0 Å². The van der Waals surface area contributed by atoms with Crippen molar-refractivity contribution in [3.8, 4) is 0 Å². The summed E-state index contributed by atoms with van der Waals surface area (Å²) in [5.74, 6) is 0. The second-order valence-electron chi connectivity index (χ2n) is 1.28. The van der Waals surface area contributed by atoms with Crippen molar-refractivity contribution in [3.05, 3.63) is 0 Å². The van der Waals surface area contributed by atoms with E-state index in [-0.39, 0.29) is 0 Å². The quantitative estimate of drug-likeness (QED) is 0.630. The summed E-state index contributed by atoms with van der Waals surface area (Å²) in [6.45, 7) is 3.02. The molecule has 0 spiro atoms. The second kappa shape index (κ2) is 7.13. The molecule has 7 heavy (non-hydrogen) atoms. The Morgan fingerprint density at radius 2 is 2.43 bits per heavy atom. The summed E-state index contributed by atoms with van der Waals surface area (Å²) in [6.07, 6.45) is 2.36. The summed E-state index contributed by atoms with van der Waals surface area (Å²) in [5.41, 5.74) is 0. The van der Waals surface area contributed by atoms with Crippen LogP contribution < -0.4 is 0 Å². The van der Waals surface area contributed by atoms with Gasteiger partial charge in [0.15, 0.2) is 0 Å². The van der Waals surface area contributed by atoms with Crippen LogP contribution in [-0.4, -0.2) is 6.61 Å². The van der Waals surface area contributed by atoms with Crippen LogP contribution in [-0.2, 0) is 25.3 Å². The summed E-state index contributed by atoms with van der Waals surface area (Å²) in [6, 6.07) is 0. The van der Waals surface area contributed by atoms with E-state index >= 15 is 0 Å². The molecule has 3 heteroatoms. The van der Waals surface area contributed by atoms with Crippen molar-refractivity contribution < 1.29 is 25.3 Å². The summed E-state index contributed by atoms with van der Waals surface area (Å²) in [7, 11) is 5.39. The van der Waals surface area contributed by atoms with Gasteiger partial charge in [-0.2, -0.15) is 0 Å². The van der Waals surface area contributed by atoms with Crippen LogP contribution in [0.2, 0.25) is 0 Å². The van der Waals surface area contributed by atoms with Gasteiger partial charge in [0.2, 0.25) is 0 Å². The minimum atomic E-state index is -0.851. The maximum atomic E-state index is 5.39. The molecule has 0 N–H and O–H groups in total. The van der Waals surface area contributed by atoms with Crippen molar-refractivity contribution >= 4 is 8.51 Å². The first-order valence-corrected chi connectivity index (χ1v) is 6.56. The molecule has 0 saturated heterocycles. The van der Waals surface area contributed by atoms with Gasteiger partial charge in [0, 0.05) is 0 Å². The van der Waals surface area contributed by atoms with Crippen LogP contribution in [0.15, 0.2) is 0 Å². The van der Waals surface area contributed by atoms with E-state index in [1.165, 1.54) is 6.42 Å². The number of rotatable bonds is 4. The summed E-state index contributed by atoms with van der Waals surface area (Å²) >= 11 is -0.851. The average Bonchev–Trinajstić information content (AvgIpc) is 1.69. The average molecular weight is 200 g/mol. The molecule has 0 aromatic rings. The normalized spacial score (nSPS) is 8.86. The zero-order valence-corrected chi connectivity index (χ0v) is 7.62. The van der Waals surface area contributed by atoms with Crippen LogP contribution in [0.1, 0.15) is 19.8 Å². The molecule has 1 nitrogen and oxygen atoms in total. The zero-order valence-electron chi connectivity index (χ0n) is 4.41. The minimum absolute atomic E-state index is 0.851. The Labute approximate surface area is 60.1 Å². The molecular formula is C4H9ClOZr. The van der Waals surface area contributed by atoms with Gasteiger partial charge in [-0.1, -0.05) is 0 Å². The van der Waals surface area contributed by atoms with E-state index in [0.29, 0.717) is 0 Å². The summed E-state index contributed by atoms with van der Waals surface area (Å²) < 4.78 is 5.01. The van der Waals surface area contributed by atoms with E-state index in [1.807, 2.05) is 0 Å². The van der Waals surface area contributed by atoms with Crippen molar-refractivity contribution in [2.24, 2.45) is 0 Å². The maximum absolute atomic E-state index is 5.39. The SMILES string of the molecule is CCCC[O][Zr][Cl]. The molecule has 0 radical (unpaired) electrons. The van der Waals surface area contributed by atoms with Gasteiger partial charge in [0.1, 0.15) is 0 Å². The molecule has 42 valence electrons. The molecular weight excluding hydrogens is 191 g/mol. The predicted molar refractivity (Wildman–Crippen MR) is 26.7 cm³/mol. The van der Waals surface area contributed by atoms with Crippen LogP contribution >= 0.6 is 8.51 Å². The van der Waals surface area contributed by atoms with Gasteiger partial charge < -0.3 is 0 Å². The van der Waals surface area contributed by atoms with Gasteiger partial charge in [-0.15, -0.1) is 0 Å². The van der Waals surface area contributed by atoms with E-state index in [4.69, 9.17) is 11.3 Å². The predicted octanol–water partition coefficient (Wildman–Crippen LogP) is 1.95. The summed E-state index contributed by atoms with van der Waals surface area (Å²) in [4.78, 5) is 0. The molecule has 0 atom stereocenters. The Balaban J connectivity index is 2.45. The molecule has 0 bridgehead atoms. The molecule has 0 aliphatic rings. The number of hydrogen-bond donors (Lipinski definition) is 0. The fraction of sp³-hybridized carbons (Fsp3) is 1.00. The zero-order chi connectivity index (χ0) is 5.54. The Kier molecular flexibility index (Phi) is 8.29. The van der Waals surface area contributed by atoms with Gasteiger partial charge >= 0.3 is 60.2 Å². The van der Waals surface area contributed by atoms with Crippen LogP contribution in [0.5, 0.6) is 0 Å². The Bertz CT molecular complexity index is 30.9. The Morgan fingerprint density at radius 3 is 2.86 bits per heavy atom. The van der Waals surface area contributed by atoms with Gasteiger partial charge in [0.05, 0.1) is 0 Å². The molecule has 0 rings (SSSR count). The molecule has 0 unspecified atom stereocenters. The monoisotopic (exact) mass is 198 g/mol. The number of unbranched alkanes of at least 4 members (excludes halogenated alkanes) is 1. The van der Waals surface area contributed by atoms with Gasteiger partial charge in [0.25, 0.3) is 0 Å². The van der Waals surface area contributed by atoms with E-state index in [2.05, 4.69) is 6.92 Å². The Hall–Kier alpha value is 1.13. The van der Waals surface area contributed by atoms with Crippen molar-refractivity contribution in [2.45, 2.75) is 19.8 Å². The van der Waals surface area contributed by atoms with E-state index in [1.54, 1.807) is 0 Å². The Morgan fingerprint density at radius 1 is 1.71 bits per heavy atom. The van der Waals surface area contributed by atoms with Gasteiger partial charge in [-0.25, -0.2) is 0 Å². The van der Waals surface area contributed by atoms with E-state index < -0.39 is 22.5 Å². The first kappa shape index (κ1) is 8.13. The van der Waals surface area contributed by atoms with E-state index in [0.717, 1.165) is 13.0 Å². The number of hydrogen-bond acceptors (Lipinski definition) is 1. The fourth-order valence-corrected chi connectivity index (χ4v) is 1.26. The van der Waals surface area contributed by atoms with E-state index in [9.17, 15) is 0 Å². The van der Waals surface area contributed by atoms with Crippen LogP contribution in [0, 0.1) is 0 Å². The molecule has 0 fully saturated rings. The van der Waals surface area contributed by atoms with Crippen molar-refractivity contribution in [1.29, 1.82) is 0 Å². The van der Waals surface area contributed by atoms with Crippen molar-refractivity contribution in [2.75, 3.05) is 6.61 Å². The van der Waals surface area contributed by atoms with Crippen LogP contribution in [0.4, 0.5) is 0 Å². The second-order valence-corrected chi connectivity index (χ2v) is 3.28. The molecule has 0 heterocycles. The molecule has 0 aliphatic carbocycles. The molecule has 0 saturated carbocycles. The van der Waals surface area contributed by atoms with Gasteiger partial charge in [-0.3, -0.25) is 0 Å². The van der Waals surface area contributed by atoms with Crippen LogP contribution in [0.3, 0.4) is 0 Å². The van der Waals surface area contributed by atoms with Gasteiger partial charge in [-0.05, 0) is 0 Å². The molecule has 0 amide bonds. The topological polar surface area (TPSA) is 9.23 Å². The number of halogens is 1. The first-order valence-electron chi connectivity index (χ1n) is 2.39. The fourth-order valence-electron chi connectivity index (χ4n) is 0.255. The van der Waals surface area contributed by atoms with Crippen molar-refractivity contribution in [1.82, 2.24) is 0 Å². The molecule has 0 aliphatic heterocycles. The molecule has 0 aromatic heterocycles. The molecule has 0 aromatic carbocycles. The standard InChI is InChI=1S/C4H9O.ClH.Zr/c1-2-3-4-5;;/h2-4H2,1H3;1H;/q-1;;+2/p-1. The third-order valence-electron chi connectivity index (χ3n) is 0.655.